The monoisotopic (exact) mass is 333 g/mol. The summed E-state index contributed by atoms with van der Waals surface area (Å²) >= 11 is 0. The number of carbonyl (C=O) groups excluding carboxylic acids is 1. The molecule has 3 saturated heterocycles. The van der Waals surface area contributed by atoms with Crippen LogP contribution in [0.15, 0.2) is 29.0 Å². The van der Waals surface area contributed by atoms with Crippen LogP contribution in [-0.2, 0) is 0 Å². The third-order valence-corrected chi connectivity index (χ3v) is 5.84. The van der Waals surface area contributed by atoms with E-state index in [9.17, 15) is 4.79 Å². The molecule has 3 aliphatic heterocycles. The third-order valence-electron chi connectivity index (χ3n) is 5.84. The van der Waals surface area contributed by atoms with Crippen LogP contribution in [0.5, 0.6) is 0 Å². The Kier molecular flexibility index (Phi) is 3.39. The normalized spacial score (nSPS) is 30.2. The molecule has 1 amide bonds. The van der Waals surface area contributed by atoms with Crippen molar-refractivity contribution in [2.75, 3.05) is 13.1 Å². The van der Waals surface area contributed by atoms with Gasteiger partial charge in [0.25, 0.3) is 5.91 Å². The number of fused-ring (bicyclic) bond motifs is 3. The molecule has 1 spiro atoms. The van der Waals surface area contributed by atoms with Crippen molar-refractivity contribution in [3.8, 4) is 0 Å². The highest BCUT2D eigenvalue weighted by Gasteiger charge is 2.60. The van der Waals surface area contributed by atoms with Crippen LogP contribution in [0.2, 0.25) is 0 Å². The molecular formula is C17H20ClN3O2. The summed E-state index contributed by atoms with van der Waals surface area (Å²) in [4.78, 5) is 19.5. The summed E-state index contributed by atoms with van der Waals surface area (Å²) < 4.78 is 5.24. The number of halogens is 1. The van der Waals surface area contributed by atoms with Gasteiger partial charge < -0.3 is 9.73 Å². The standard InChI is InChI=1S/C17H19N3O2.ClH/c21-15(13-9-12-3-8-22-16(12)18-10-13)19-14-11-1-6-20(7-2-11)17(14)4-5-17;/h3,8-11,14H,1-2,4-7H2,(H,19,21);1H/t14-;/m1./s1. The number of amides is 1. The molecule has 23 heavy (non-hydrogen) atoms. The fourth-order valence-corrected chi connectivity index (χ4v) is 4.53. The first-order valence-electron chi connectivity index (χ1n) is 8.15. The van der Waals surface area contributed by atoms with Crippen LogP contribution < -0.4 is 5.32 Å². The molecule has 1 atom stereocenters. The minimum absolute atomic E-state index is 0. The minimum atomic E-state index is 0. The first kappa shape index (κ1) is 15.0. The van der Waals surface area contributed by atoms with Gasteiger partial charge in [-0.2, -0.15) is 0 Å². The summed E-state index contributed by atoms with van der Waals surface area (Å²) in [6, 6.07) is 4.01. The Bertz CT molecular complexity index is 747. The van der Waals surface area contributed by atoms with Crippen molar-refractivity contribution in [3.05, 3.63) is 30.2 Å². The number of nitrogens with one attached hydrogen (secondary N) is 1. The van der Waals surface area contributed by atoms with Gasteiger partial charge in [-0.15, -0.1) is 12.4 Å². The molecule has 0 aromatic carbocycles. The van der Waals surface area contributed by atoms with E-state index in [-0.39, 0.29) is 23.9 Å². The van der Waals surface area contributed by atoms with Crippen molar-refractivity contribution in [1.82, 2.24) is 15.2 Å². The molecule has 2 aromatic heterocycles. The van der Waals surface area contributed by atoms with Crippen LogP contribution in [0.3, 0.4) is 0 Å². The molecule has 6 rings (SSSR count). The van der Waals surface area contributed by atoms with E-state index in [4.69, 9.17) is 4.42 Å². The molecule has 2 bridgehead atoms. The molecular weight excluding hydrogens is 314 g/mol. The Morgan fingerprint density at radius 3 is 2.87 bits per heavy atom. The van der Waals surface area contributed by atoms with Crippen molar-refractivity contribution in [2.45, 2.75) is 37.3 Å². The van der Waals surface area contributed by atoms with E-state index in [2.05, 4.69) is 15.2 Å². The maximum atomic E-state index is 12.7. The van der Waals surface area contributed by atoms with Crippen LogP contribution in [0.25, 0.3) is 11.1 Å². The van der Waals surface area contributed by atoms with Gasteiger partial charge in [0, 0.05) is 17.1 Å². The minimum Gasteiger partial charge on any atom is -0.446 e. The Morgan fingerprint density at radius 2 is 2.13 bits per heavy atom. The number of furan rings is 1. The molecule has 5 nitrogen and oxygen atoms in total. The average Bonchev–Trinajstić information content (AvgIpc) is 3.18. The maximum absolute atomic E-state index is 12.7. The van der Waals surface area contributed by atoms with Gasteiger partial charge in [0.05, 0.1) is 17.9 Å². The topological polar surface area (TPSA) is 58.4 Å². The highest BCUT2D eigenvalue weighted by atomic mass is 35.5. The lowest BCUT2D eigenvalue weighted by atomic mass is 9.77. The van der Waals surface area contributed by atoms with Crippen molar-refractivity contribution in [3.63, 3.8) is 0 Å². The summed E-state index contributed by atoms with van der Waals surface area (Å²) in [5.74, 6) is 0.641. The SMILES string of the molecule is Cl.O=C(N[C@@H]1C2CCN(CC2)C12CC2)c1cnc2occc2c1. The van der Waals surface area contributed by atoms with Crippen molar-refractivity contribution < 1.29 is 9.21 Å². The van der Waals surface area contributed by atoms with Crippen LogP contribution in [0.1, 0.15) is 36.0 Å². The summed E-state index contributed by atoms with van der Waals surface area (Å²) in [7, 11) is 0. The molecule has 4 fully saturated rings. The van der Waals surface area contributed by atoms with Gasteiger partial charge in [-0.3, -0.25) is 9.69 Å². The lowest BCUT2D eigenvalue weighted by Crippen LogP contribution is -2.65. The predicted molar refractivity (Wildman–Crippen MR) is 88.8 cm³/mol. The Balaban J connectivity index is 0.00000135. The van der Waals surface area contributed by atoms with E-state index in [1.54, 1.807) is 12.5 Å². The number of carbonyl (C=O) groups is 1. The van der Waals surface area contributed by atoms with Crippen LogP contribution in [0.4, 0.5) is 0 Å². The summed E-state index contributed by atoms with van der Waals surface area (Å²) in [5, 5.41) is 4.20. The van der Waals surface area contributed by atoms with Crippen LogP contribution in [-0.4, -0.2) is 40.5 Å². The molecule has 1 saturated carbocycles. The number of piperidine rings is 3. The van der Waals surface area contributed by atoms with E-state index in [0.717, 1.165) is 5.39 Å². The molecule has 0 unspecified atom stereocenters. The largest absolute Gasteiger partial charge is 0.446 e. The van der Waals surface area contributed by atoms with E-state index < -0.39 is 0 Å². The molecule has 6 heteroatoms. The fraction of sp³-hybridized carbons (Fsp3) is 0.529. The smallest absolute Gasteiger partial charge is 0.253 e. The molecule has 5 heterocycles. The number of pyridine rings is 1. The van der Waals surface area contributed by atoms with Gasteiger partial charge in [0.15, 0.2) is 0 Å². The van der Waals surface area contributed by atoms with Gasteiger partial charge in [0.2, 0.25) is 5.71 Å². The number of nitrogens with zero attached hydrogens (tertiary/aromatic N) is 2. The summed E-state index contributed by atoms with van der Waals surface area (Å²) in [5.41, 5.74) is 1.48. The number of hydrogen-bond acceptors (Lipinski definition) is 4. The molecule has 1 N–H and O–H groups in total. The summed E-state index contributed by atoms with van der Waals surface area (Å²) in [6.07, 6.45) is 8.10. The number of hydrogen-bond donors (Lipinski definition) is 1. The lowest BCUT2D eigenvalue weighted by molar-refractivity contribution is -0.00145. The second kappa shape index (κ2) is 5.21. The van der Waals surface area contributed by atoms with Crippen molar-refractivity contribution in [1.29, 1.82) is 0 Å². The van der Waals surface area contributed by atoms with Crippen LogP contribution >= 0.6 is 12.4 Å². The van der Waals surface area contributed by atoms with E-state index in [0.29, 0.717) is 23.2 Å². The molecule has 2 aromatic rings. The van der Waals surface area contributed by atoms with Crippen LogP contribution in [0, 0.1) is 5.92 Å². The Hall–Kier alpha value is -1.59. The molecule has 0 radical (unpaired) electrons. The first-order valence-corrected chi connectivity index (χ1v) is 8.15. The first-order chi connectivity index (χ1) is 10.8. The predicted octanol–water partition coefficient (Wildman–Crippen LogP) is 2.61. The van der Waals surface area contributed by atoms with Gasteiger partial charge in [0.1, 0.15) is 0 Å². The zero-order valence-electron chi connectivity index (χ0n) is 12.8. The van der Waals surface area contributed by atoms with Gasteiger partial charge >= 0.3 is 0 Å². The van der Waals surface area contributed by atoms with Crippen molar-refractivity contribution in [2.24, 2.45) is 5.92 Å². The zero-order valence-corrected chi connectivity index (χ0v) is 13.6. The quantitative estimate of drug-likeness (QED) is 0.917. The zero-order chi connectivity index (χ0) is 14.7. The number of aromatic nitrogens is 1. The Morgan fingerprint density at radius 1 is 1.35 bits per heavy atom. The average molecular weight is 334 g/mol. The van der Waals surface area contributed by atoms with Gasteiger partial charge in [-0.1, -0.05) is 0 Å². The summed E-state index contributed by atoms with van der Waals surface area (Å²) in [6.45, 7) is 2.42. The third kappa shape index (κ3) is 2.17. The molecule has 122 valence electrons. The highest BCUT2D eigenvalue weighted by molar-refractivity contribution is 5.97. The lowest BCUT2D eigenvalue weighted by Gasteiger charge is -2.52. The van der Waals surface area contributed by atoms with Gasteiger partial charge in [-0.25, -0.2) is 4.98 Å². The van der Waals surface area contributed by atoms with Crippen molar-refractivity contribution >= 4 is 29.4 Å². The molecule has 1 aliphatic carbocycles. The van der Waals surface area contributed by atoms with Gasteiger partial charge in [-0.05, 0) is 56.8 Å². The fourth-order valence-electron chi connectivity index (χ4n) is 4.53. The number of rotatable bonds is 2. The molecule has 4 aliphatic rings. The van der Waals surface area contributed by atoms with E-state index >= 15 is 0 Å². The van der Waals surface area contributed by atoms with E-state index in [1.165, 1.54) is 38.8 Å². The second-order valence-corrected chi connectivity index (χ2v) is 6.92. The highest BCUT2D eigenvalue weighted by Crippen LogP contribution is 2.53. The van der Waals surface area contributed by atoms with E-state index in [1.807, 2.05) is 12.1 Å². The Labute approximate surface area is 140 Å². The second-order valence-electron chi connectivity index (χ2n) is 6.92. The maximum Gasteiger partial charge on any atom is 0.253 e.